The van der Waals surface area contributed by atoms with Crippen LogP contribution in [0.15, 0.2) is 48.5 Å². The van der Waals surface area contributed by atoms with E-state index in [1.165, 1.54) is 22.3 Å². The minimum Gasteiger partial charge on any atom is -0.372 e. The molecule has 0 saturated carbocycles. The molecule has 0 saturated heterocycles. The van der Waals surface area contributed by atoms with Crippen LogP contribution in [-0.2, 0) is 31.0 Å². The first-order valence-electron chi connectivity index (χ1n) is 6.35. The third kappa shape index (κ3) is 3.57. The van der Waals surface area contributed by atoms with Crippen LogP contribution < -0.4 is 5.32 Å². The van der Waals surface area contributed by atoms with E-state index in [1.807, 2.05) is 18.2 Å². The van der Waals surface area contributed by atoms with Crippen LogP contribution in [0.3, 0.4) is 0 Å². The summed E-state index contributed by atoms with van der Waals surface area (Å²) in [6.07, 6.45) is 0. The monoisotopic (exact) mass is 275 g/mol. The summed E-state index contributed by atoms with van der Waals surface area (Å²) in [5, 5.41) is 3.36. The highest BCUT2D eigenvalue weighted by molar-refractivity contribution is 5.85. The predicted octanol–water partition coefficient (Wildman–Crippen LogP) is 3.43. The van der Waals surface area contributed by atoms with Gasteiger partial charge in [-0.1, -0.05) is 48.5 Å². The highest BCUT2D eigenvalue weighted by atomic mass is 35.5. The zero-order valence-corrected chi connectivity index (χ0v) is 11.6. The lowest BCUT2D eigenvalue weighted by molar-refractivity contribution is 0.107. The van der Waals surface area contributed by atoms with E-state index >= 15 is 0 Å². The molecule has 0 amide bonds. The van der Waals surface area contributed by atoms with Crippen molar-refractivity contribution in [2.45, 2.75) is 26.3 Å². The third-order valence-corrected chi connectivity index (χ3v) is 3.28. The van der Waals surface area contributed by atoms with Crippen molar-refractivity contribution in [2.75, 3.05) is 0 Å². The van der Waals surface area contributed by atoms with E-state index in [-0.39, 0.29) is 12.4 Å². The SMILES string of the molecule is Cl.c1ccc(COCc2ccc3c(c2)CNC3)cc1. The van der Waals surface area contributed by atoms with E-state index in [0.29, 0.717) is 13.2 Å². The molecule has 1 heterocycles. The largest absolute Gasteiger partial charge is 0.372 e. The molecule has 0 spiro atoms. The molecule has 2 aromatic rings. The zero-order valence-electron chi connectivity index (χ0n) is 10.8. The van der Waals surface area contributed by atoms with Crippen LogP contribution >= 0.6 is 12.4 Å². The molecule has 100 valence electrons. The first kappa shape index (κ1) is 14.1. The number of fused-ring (bicyclic) bond motifs is 1. The van der Waals surface area contributed by atoms with E-state index in [9.17, 15) is 0 Å². The van der Waals surface area contributed by atoms with Gasteiger partial charge in [0.25, 0.3) is 0 Å². The highest BCUT2D eigenvalue weighted by Gasteiger charge is 2.09. The molecule has 19 heavy (non-hydrogen) atoms. The standard InChI is InChI=1S/C16H17NO.ClH/c1-2-4-13(5-3-1)11-18-12-14-6-7-15-9-17-10-16(15)8-14;/h1-8,17H,9-12H2;1H. The van der Waals surface area contributed by atoms with Gasteiger partial charge in [-0.2, -0.15) is 0 Å². The number of rotatable bonds is 4. The molecule has 0 bridgehead atoms. The summed E-state index contributed by atoms with van der Waals surface area (Å²) in [7, 11) is 0. The molecule has 0 unspecified atom stereocenters. The van der Waals surface area contributed by atoms with Crippen LogP contribution in [0, 0.1) is 0 Å². The summed E-state index contributed by atoms with van der Waals surface area (Å²) < 4.78 is 5.75. The Balaban J connectivity index is 0.00000133. The number of ether oxygens (including phenoxy) is 1. The Hall–Kier alpha value is -1.35. The molecule has 2 aromatic carbocycles. The summed E-state index contributed by atoms with van der Waals surface area (Å²) in [5.74, 6) is 0. The average Bonchev–Trinajstić information content (AvgIpc) is 2.87. The fraction of sp³-hybridized carbons (Fsp3) is 0.250. The second kappa shape index (κ2) is 6.71. The Morgan fingerprint density at radius 3 is 2.42 bits per heavy atom. The van der Waals surface area contributed by atoms with E-state index in [1.54, 1.807) is 0 Å². The molecule has 1 N–H and O–H groups in total. The smallest absolute Gasteiger partial charge is 0.0721 e. The number of hydrogen-bond acceptors (Lipinski definition) is 2. The molecule has 0 fully saturated rings. The first-order valence-corrected chi connectivity index (χ1v) is 6.35. The van der Waals surface area contributed by atoms with Crippen LogP contribution in [0.25, 0.3) is 0 Å². The Bertz CT molecular complexity index is 528. The molecule has 3 heteroatoms. The van der Waals surface area contributed by atoms with Gasteiger partial charge in [0.1, 0.15) is 0 Å². The molecule has 0 atom stereocenters. The molecular formula is C16H18ClNO. The van der Waals surface area contributed by atoms with Gasteiger partial charge in [0.15, 0.2) is 0 Å². The molecule has 3 rings (SSSR count). The van der Waals surface area contributed by atoms with Gasteiger partial charge in [-0.3, -0.25) is 0 Å². The van der Waals surface area contributed by atoms with Gasteiger partial charge in [-0.05, 0) is 22.3 Å². The number of nitrogens with one attached hydrogen (secondary N) is 1. The predicted molar refractivity (Wildman–Crippen MR) is 79.2 cm³/mol. The normalized spacial score (nSPS) is 12.8. The Morgan fingerprint density at radius 2 is 1.58 bits per heavy atom. The second-order valence-corrected chi connectivity index (χ2v) is 4.69. The van der Waals surface area contributed by atoms with Crippen molar-refractivity contribution in [2.24, 2.45) is 0 Å². The summed E-state index contributed by atoms with van der Waals surface area (Å²) >= 11 is 0. The fourth-order valence-electron chi connectivity index (χ4n) is 2.30. The molecule has 0 radical (unpaired) electrons. The number of halogens is 1. The molecule has 2 nitrogen and oxygen atoms in total. The lowest BCUT2D eigenvalue weighted by Gasteiger charge is -2.06. The van der Waals surface area contributed by atoms with Gasteiger partial charge in [-0.15, -0.1) is 12.4 Å². The summed E-state index contributed by atoms with van der Waals surface area (Å²) in [5.41, 5.74) is 5.31. The highest BCUT2D eigenvalue weighted by Crippen LogP contribution is 2.17. The van der Waals surface area contributed by atoms with Gasteiger partial charge in [0.2, 0.25) is 0 Å². The van der Waals surface area contributed by atoms with Crippen LogP contribution in [0.1, 0.15) is 22.3 Å². The molecular weight excluding hydrogens is 258 g/mol. The molecule has 1 aliphatic rings. The van der Waals surface area contributed by atoms with Crippen LogP contribution in [0.2, 0.25) is 0 Å². The van der Waals surface area contributed by atoms with Gasteiger partial charge < -0.3 is 10.1 Å². The fourth-order valence-corrected chi connectivity index (χ4v) is 2.30. The molecule has 0 aliphatic carbocycles. The van der Waals surface area contributed by atoms with Crippen molar-refractivity contribution in [3.05, 3.63) is 70.8 Å². The third-order valence-electron chi connectivity index (χ3n) is 3.28. The minimum atomic E-state index is 0. The second-order valence-electron chi connectivity index (χ2n) is 4.69. The van der Waals surface area contributed by atoms with Crippen LogP contribution in [0.5, 0.6) is 0 Å². The lowest BCUT2D eigenvalue weighted by atomic mass is 10.1. The van der Waals surface area contributed by atoms with Crippen molar-refractivity contribution in [3.8, 4) is 0 Å². The van der Waals surface area contributed by atoms with Gasteiger partial charge in [0, 0.05) is 13.1 Å². The molecule has 1 aliphatic heterocycles. The maximum absolute atomic E-state index is 5.75. The van der Waals surface area contributed by atoms with Gasteiger partial charge in [0.05, 0.1) is 13.2 Å². The van der Waals surface area contributed by atoms with Gasteiger partial charge >= 0.3 is 0 Å². The van der Waals surface area contributed by atoms with Crippen LogP contribution in [0.4, 0.5) is 0 Å². The Labute approximate surface area is 120 Å². The van der Waals surface area contributed by atoms with E-state index < -0.39 is 0 Å². The summed E-state index contributed by atoms with van der Waals surface area (Å²) in [6.45, 7) is 3.35. The van der Waals surface area contributed by atoms with E-state index in [2.05, 4.69) is 35.6 Å². The van der Waals surface area contributed by atoms with Crippen molar-refractivity contribution in [3.63, 3.8) is 0 Å². The van der Waals surface area contributed by atoms with Crippen LogP contribution in [-0.4, -0.2) is 0 Å². The first-order chi connectivity index (χ1) is 8.92. The minimum absolute atomic E-state index is 0. The van der Waals surface area contributed by atoms with E-state index in [4.69, 9.17) is 4.74 Å². The quantitative estimate of drug-likeness (QED) is 0.923. The Morgan fingerprint density at radius 1 is 0.842 bits per heavy atom. The molecule has 0 aromatic heterocycles. The van der Waals surface area contributed by atoms with Gasteiger partial charge in [-0.25, -0.2) is 0 Å². The van der Waals surface area contributed by atoms with Crippen molar-refractivity contribution in [1.29, 1.82) is 0 Å². The average molecular weight is 276 g/mol. The summed E-state index contributed by atoms with van der Waals surface area (Å²) in [4.78, 5) is 0. The van der Waals surface area contributed by atoms with Crippen molar-refractivity contribution < 1.29 is 4.74 Å². The topological polar surface area (TPSA) is 21.3 Å². The number of benzene rings is 2. The summed E-state index contributed by atoms with van der Waals surface area (Å²) in [6, 6.07) is 16.9. The van der Waals surface area contributed by atoms with E-state index in [0.717, 1.165) is 13.1 Å². The van der Waals surface area contributed by atoms with Crippen molar-refractivity contribution in [1.82, 2.24) is 5.32 Å². The maximum Gasteiger partial charge on any atom is 0.0721 e. The maximum atomic E-state index is 5.75. The zero-order chi connectivity index (χ0) is 12.2. The van der Waals surface area contributed by atoms with Crippen molar-refractivity contribution >= 4 is 12.4 Å². The lowest BCUT2D eigenvalue weighted by Crippen LogP contribution is -1.99. The number of hydrogen-bond donors (Lipinski definition) is 1. The Kier molecular flexibility index (Phi) is 4.97.